The highest BCUT2D eigenvalue weighted by atomic mass is 79.9. The maximum Gasteiger partial charge on any atom is 0.339 e. The van der Waals surface area contributed by atoms with Gasteiger partial charge in [0.05, 0.1) is 23.1 Å². The van der Waals surface area contributed by atoms with Crippen LogP contribution in [-0.2, 0) is 14.3 Å². The average Bonchev–Trinajstić information content (AvgIpc) is 2.77. The molecule has 0 aliphatic rings. The summed E-state index contributed by atoms with van der Waals surface area (Å²) in [7, 11) is 1.23. The summed E-state index contributed by atoms with van der Waals surface area (Å²) in [4.78, 5) is 34.7. The van der Waals surface area contributed by atoms with Crippen LogP contribution in [0.4, 0.5) is 0 Å². The van der Waals surface area contributed by atoms with Gasteiger partial charge in [-0.05, 0) is 28.9 Å². The molecule has 1 aromatic heterocycles. The van der Waals surface area contributed by atoms with Crippen molar-refractivity contribution in [2.45, 2.75) is 6.92 Å². The second kappa shape index (κ2) is 7.25. The van der Waals surface area contributed by atoms with Crippen molar-refractivity contribution in [2.75, 3.05) is 20.3 Å². The van der Waals surface area contributed by atoms with Crippen molar-refractivity contribution in [3.63, 3.8) is 0 Å². The molecule has 8 heteroatoms. The average molecular weight is 350 g/mol. The number of ether oxygens (including phenoxy) is 2. The summed E-state index contributed by atoms with van der Waals surface area (Å²) in [6, 6.07) is 1.50. The monoisotopic (exact) mass is 349 g/mol. The Morgan fingerprint density at radius 2 is 2.11 bits per heavy atom. The van der Waals surface area contributed by atoms with Crippen LogP contribution < -0.4 is 5.32 Å². The summed E-state index contributed by atoms with van der Waals surface area (Å²) in [5.41, 5.74) is 0.153. The van der Waals surface area contributed by atoms with Crippen molar-refractivity contribution in [3.8, 4) is 0 Å². The number of thiophene rings is 1. The van der Waals surface area contributed by atoms with Gasteiger partial charge in [-0.3, -0.25) is 9.59 Å². The van der Waals surface area contributed by atoms with Crippen molar-refractivity contribution in [2.24, 2.45) is 0 Å². The molecular formula is C11H12BrNO5S. The number of hydrogen-bond donors (Lipinski definition) is 1. The van der Waals surface area contributed by atoms with Crippen molar-refractivity contribution < 1.29 is 23.9 Å². The van der Waals surface area contributed by atoms with Crippen LogP contribution in [0, 0.1) is 0 Å². The second-order valence-corrected chi connectivity index (χ2v) is 5.70. The predicted molar refractivity (Wildman–Crippen MR) is 72.3 cm³/mol. The van der Waals surface area contributed by atoms with E-state index in [1.165, 1.54) is 13.2 Å². The van der Waals surface area contributed by atoms with Crippen LogP contribution in [0.2, 0.25) is 0 Å². The van der Waals surface area contributed by atoms with E-state index in [0.717, 1.165) is 11.3 Å². The van der Waals surface area contributed by atoms with E-state index in [0.29, 0.717) is 3.79 Å². The number of nitrogens with one attached hydrogen (secondary N) is 1. The molecule has 0 fully saturated rings. The Bertz CT molecular complexity index is 499. The summed E-state index contributed by atoms with van der Waals surface area (Å²) in [5.74, 6) is -1.67. The van der Waals surface area contributed by atoms with E-state index in [2.05, 4.69) is 30.7 Å². The van der Waals surface area contributed by atoms with Crippen LogP contribution in [-0.4, -0.2) is 38.1 Å². The van der Waals surface area contributed by atoms with Gasteiger partial charge in [0.25, 0.3) is 5.91 Å². The van der Waals surface area contributed by atoms with E-state index in [1.54, 1.807) is 6.92 Å². The number of halogens is 1. The van der Waals surface area contributed by atoms with Crippen LogP contribution in [0.15, 0.2) is 9.85 Å². The largest absolute Gasteiger partial charge is 0.465 e. The molecule has 0 atom stereocenters. The number of hydrogen-bond acceptors (Lipinski definition) is 6. The van der Waals surface area contributed by atoms with Gasteiger partial charge in [-0.15, -0.1) is 11.3 Å². The van der Waals surface area contributed by atoms with Gasteiger partial charge in [0.1, 0.15) is 11.4 Å². The van der Waals surface area contributed by atoms with Crippen LogP contribution in [0.3, 0.4) is 0 Å². The Morgan fingerprint density at radius 3 is 2.68 bits per heavy atom. The predicted octanol–water partition coefficient (Wildman–Crippen LogP) is 1.59. The fourth-order valence-corrected chi connectivity index (χ4v) is 2.74. The first-order chi connectivity index (χ1) is 8.99. The van der Waals surface area contributed by atoms with E-state index < -0.39 is 17.8 Å². The van der Waals surface area contributed by atoms with Gasteiger partial charge in [0.15, 0.2) is 0 Å². The Morgan fingerprint density at radius 1 is 1.42 bits per heavy atom. The minimum absolute atomic E-state index is 0.153. The maximum absolute atomic E-state index is 11.9. The topological polar surface area (TPSA) is 81.7 Å². The molecule has 0 aromatic carbocycles. The summed E-state index contributed by atoms with van der Waals surface area (Å²) in [5, 5.41) is 2.38. The first-order valence-electron chi connectivity index (χ1n) is 5.31. The van der Waals surface area contributed by atoms with E-state index in [1.807, 2.05) is 0 Å². The summed E-state index contributed by atoms with van der Waals surface area (Å²) >= 11 is 4.28. The lowest BCUT2D eigenvalue weighted by Gasteiger charge is -2.04. The van der Waals surface area contributed by atoms with Gasteiger partial charge < -0.3 is 14.8 Å². The molecule has 6 nitrogen and oxygen atoms in total. The molecule has 0 saturated heterocycles. The third kappa shape index (κ3) is 4.32. The lowest BCUT2D eigenvalue weighted by atomic mass is 10.2. The molecule has 0 radical (unpaired) electrons. The molecular weight excluding hydrogens is 338 g/mol. The minimum atomic E-state index is -0.608. The Balaban J connectivity index is 2.77. The number of rotatable bonds is 5. The zero-order valence-electron chi connectivity index (χ0n) is 10.3. The third-order valence-electron chi connectivity index (χ3n) is 2.01. The lowest BCUT2D eigenvalue weighted by Crippen LogP contribution is -2.31. The van der Waals surface area contributed by atoms with Crippen molar-refractivity contribution >= 4 is 45.1 Å². The third-order valence-corrected chi connectivity index (χ3v) is 3.65. The normalized spacial score (nSPS) is 9.84. The second-order valence-electron chi connectivity index (χ2n) is 3.27. The standard InChI is InChI=1S/C11H12BrNO5S/c1-3-18-8(14)5-13-10(15)9-6(11(16)17-2)4-7(12)19-9/h4H,3,5H2,1-2H3,(H,13,15). The number of carbonyl (C=O) groups excluding carboxylic acids is 3. The molecule has 1 amide bonds. The van der Waals surface area contributed by atoms with Crippen LogP contribution in [0.25, 0.3) is 0 Å². The number of esters is 2. The molecule has 19 heavy (non-hydrogen) atoms. The van der Waals surface area contributed by atoms with E-state index in [4.69, 9.17) is 0 Å². The van der Waals surface area contributed by atoms with Crippen LogP contribution >= 0.6 is 27.3 Å². The lowest BCUT2D eigenvalue weighted by molar-refractivity contribution is -0.141. The maximum atomic E-state index is 11.9. The Kier molecular flexibility index (Phi) is 5.97. The van der Waals surface area contributed by atoms with Gasteiger partial charge >= 0.3 is 11.9 Å². The smallest absolute Gasteiger partial charge is 0.339 e. The molecule has 0 bridgehead atoms. The number of amides is 1. The van der Waals surface area contributed by atoms with E-state index in [-0.39, 0.29) is 23.6 Å². The molecule has 0 aliphatic heterocycles. The molecule has 0 aliphatic carbocycles. The molecule has 1 heterocycles. The first-order valence-corrected chi connectivity index (χ1v) is 6.92. The zero-order valence-corrected chi connectivity index (χ0v) is 12.7. The molecule has 0 saturated carbocycles. The molecule has 104 valence electrons. The molecule has 0 spiro atoms. The summed E-state index contributed by atoms with van der Waals surface area (Å²) < 4.78 is 9.88. The number of carbonyl (C=O) groups is 3. The summed E-state index contributed by atoms with van der Waals surface area (Å²) in [6.07, 6.45) is 0. The van der Waals surface area contributed by atoms with Crippen molar-refractivity contribution in [1.82, 2.24) is 5.32 Å². The Hall–Kier alpha value is -1.41. The fourth-order valence-electron chi connectivity index (χ4n) is 1.24. The molecule has 0 unspecified atom stereocenters. The van der Waals surface area contributed by atoms with Gasteiger partial charge in [-0.25, -0.2) is 4.79 Å². The quantitative estimate of drug-likeness (QED) is 0.816. The van der Waals surface area contributed by atoms with Gasteiger partial charge in [0.2, 0.25) is 0 Å². The Labute approximate surface area is 122 Å². The highest BCUT2D eigenvalue weighted by molar-refractivity contribution is 9.11. The number of methoxy groups -OCH3 is 1. The zero-order chi connectivity index (χ0) is 14.4. The minimum Gasteiger partial charge on any atom is -0.465 e. The highest BCUT2D eigenvalue weighted by Gasteiger charge is 2.21. The molecule has 1 rings (SSSR count). The van der Waals surface area contributed by atoms with E-state index >= 15 is 0 Å². The van der Waals surface area contributed by atoms with Gasteiger partial charge in [-0.2, -0.15) is 0 Å². The van der Waals surface area contributed by atoms with Gasteiger partial charge in [0, 0.05) is 0 Å². The summed E-state index contributed by atoms with van der Waals surface area (Å²) in [6.45, 7) is 1.67. The van der Waals surface area contributed by atoms with Crippen LogP contribution in [0.1, 0.15) is 27.0 Å². The SMILES string of the molecule is CCOC(=O)CNC(=O)c1sc(Br)cc1C(=O)OC. The molecule has 1 N–H and O–H groups in total. The fraction of sp³-hybridized carbons (Fsp3) is 0.364. The van der Waals surface area contributed by atoms with Gasteiger partial charge in [-0.1, -0.05) is 0 Å². The highest BCUT2D eigenvalue weighted by Crippen LogP contribution is 2.27. The van der Waals surface area contributed by atoms with Crippen LogP contribution in [0.5, 0.6) is 0 Å². The van der Waals surface area contributed by atoms with Crippen molar-refractivity contribution in [1.29, 1.82) is 0 Å². The van der Waals surface area contributed by atoms with Crippen molar-refractivity contribution in [3.05, 3.63) is 20.3 Å². The first kappa shape index (κ1) is 15.6. The molecule has 1 aromatic rings. The van der Waals surface area contributed by atoms with E-state index in [9.17, 15) is 14.4 Å².